The quantitative estimate of drug-likeness (QED) is 0.770. The highest BCUT2D eigenvalue weighted by Gasteiger charge is 2.30. The van der Waals surface area contributed by atoms with E-state index in [0.717, 1.165) is 61.0 Å². The summed E-state index contributed by atoms with van der Waals surface area (Å²) in [6.07, 6.45) is 9.89. The summed E-state index contributed by atoms with van der Waals surface area (Å²) < 4.78 is 0. The number of nitrogens with zero attached hydrogens (tertiary/aromatic N) is 3. The molecule has 1 atom stereocenters. The molecule has 1 saturated heterocycles. The smallest absolute Gasteiger partial charge is 0.225 e. The zero-order valence-corrected chi connectivity index (χ0v) is 17.7. The van der Waals surface area contributed by atoms with Crippen LogP contribution >= 0.6 is 11.3 Å². The van der Waals surface area contributed by atoms with Crippen molar-refractivity contribution < 1.29 is 4.79 Å². The summed E-state index contributed by atoms with van der Waals surface area (Å²) in [5.41, 5.74) is 3.13. The Bertz CT molecular complexity index is 828. The minimum atomic E-state index is 0.253. The first-order chi connectivity index (χ1) is 13.6. The summed E-state index contributed by atoms with van der Waals surface area (Å²) in [6, 6.07) is 4.21. The molecule has 1 aliphatic carbocycles. The highest BCUT2D eigenvalue weighted by molar-refractivity contribution is 7.15. The fraction of sp³-hybridized carbons (Fsp3) is 0.591. The van der Waals surface area contributed by atoms with Gasteiger partial charge in [-0.2, -0.15) is 0 Å². The van der Waals surface area contributed by atoms with Crippen molar-refractivity contribution in [1.82, 2.24) is 14.9 Å². The van der Waals surface area contributed by atoms with Crippen molar-refractivity contribution in [3.05, 3.63) is 34.6 Å². The summed E-state index contributed by atoms with van der Waals surface area (Å²) in [5, 5.41) is 4.33. The van der Waals surface area contributed by atoms with Gasteiger partial charge < -0.3 is 10.2 Å². The Balaban J connectivity index is 1.47. The number of likely N-dealkylation sites (tertiary alicyclic amines) is 1. The predicted molar refractivity (Wildman–Crippen MR) is 114 cm³/mol. The van der Waals surface area contributed by atoms with Crippen LogP contribution in [0.25, 0.3) is 0 Å². The number of rotatable bonds is 4. The van der Waals surface area contributed by atoms with Crippen molar-refractivity contribution in [3.8, 4) is 0 Å². The van der Waals surface area contributed by atoms with Gasteiger partial charge in [0.25, 0.3) is 0 Å². The second kappa shape index (κ2) is 8.60. The van der Waals surface area contributed by atoms with Crippen molar-refractivity contribution in [1.29, 1.82) is 0 Å². The molecule has 1 amide bonds. The van der Waals surface area contributed by atoms with E-state index in [2.05, 4.69) is 34.3 Å². The van der Waals surface area contributed by atoms with Crippen LogP contribution in [0.4, 0.5) is 10.8 Å². The highest BCUT2D eigenvalue weighted by atomic mass is 32.1. The minimum Gasteiger partial charge on any atom is -0.342 e. The van der Waals surface area contributed by atoms with Gasteiger partial charge >= 0.3 is 0 Å². The lowest BCUT2D eigenvalue weighted by atomic mass is 9.86. The molecule has 5 nitrogen and oxygen atoms in total. The molecule has 2 fully saturated rings. The lowest BCUT2D eigenvalue weighted by Crippen LogP contribution is -2.43. The van der Waals surface area contributed by atoms with Crippen LogP contribution in [0, 0.1) is 19.8 Å². The molecule has 0 unspecified atom stereocenters. The average Bonchev–Trinajstić information content (AvgIpc) is 3.12. The number of aryl methyl sites for hydroxylation is 2. The molecule has 6 heteroatoms. The summed E-state index contributed by atoms with van der Waals surface area (Å²) in [5.74, 6) is 0.955. The number of piperidine rings is 1. The van der Waals surface area contributed by atoms with Gasteiger partial charge in [-0.1, -0.05) is 19.3 Å². The van der Waals surface area contributed by atoms with Gasteiger partial charge in [0.2, 0.25) is 5.91 Å². The number of carbonyl (C=O) groups excluding carboxylic acids is 1. The molecule has 1 saturated carbocycles. The van der Waals surface area contributed by atoms with E-state index >= 15 is 0 Å². The van der Waals surface area contributed by atoms with Crippen LogP contribution in [0.2, 0.25) is 0 Å². The third-order valence-corrected chi connectivity index (χ3v) is 6.78. The normalized spacial score (nSPS) is 20.9. The number of pyridine rings is 1. The molecule has 0 radical (unpaired) electrons. The van der Waals surface area contributed by atoms with Crippen molar-refractivity contribution in [2.24, 2.45) is 5.92 Å². The molecule has 4 rings (SSSR count). The number of carbonyl (C=O) groups is 1. The van der Waals surface area contributed by atoms with E-state index < -0.39 is 0 Å². The van der Waals surface area contributed by atoms with Crippen LogP contribution < -0.4 is 5.32 Å². The number of hydrogen-bond donors (Lipinski definition) is 1. The third-order valence-electron chi connectivity index (χ3n) is 5.95. The van der Waals surface area contributed by atoms with Crippen molar-refractivity contribution in [2.45, 2.75) is 64.7 Å². The topological polar surface area (TPSA) is 58.1 Å². The lowest BCUT2D eigenvalue weighted by molar-refractivity contribution is -0.137. The number of nitrogens with one attached hydrogen (secondary N) is 1. The van der Waals surface area contributed by atoms with Crippen LogP contribution in [0.3, 0.4) is 0 Å². The Kier molecular flexibility index (Phi) is 5.95. The van der Waals surface area contributed by atoms with Crippen LogP contribution in [-0.4, -0.2) is 33.9 Å². The maximum atomic E-state index is 13.0. The van der Waals surface area contributed by atoms with E-state index in [1.165, 1.54) is 24.1 Å². The van der Waals surface area contributed by atoms with E-state index in [1.54, 1.807) is 11.3 Å². The van der Waals surface area contributed by atoms with E-state index in [-0.39, 0.29) is 5.92 Å². The molecule has 0 aromatic carbocycles. The Hall–Kier alpha value is -1.95. The number of anilines is 2. The zero-order valence-electron chi connectivity index (χ0n) is 16.9. The molecule has 2 aromatic heterocycles. The lowest BCUT2D eigenvalue weighted by Gasteiger charge is -2.36. The molecule has 0 bridgehead atoms. The standard InChI is InChI=1S/C22H30N4OS/c1-15-11-19(25-22-23-13-16(2)28-22)12-20(24-15)18-9-6-10-26(14-18)21(27)17-7-4-3-5-8-17/h11-13,17-18H,3-10,14H2,1-2H3,(H,23,24,25)/t18-/m0/s1. The number of thiazole rings is 1. The maximum Gasteiger partial charge on any atom is 0.225 e. The minimum absolute atomic E-state index is 0.253. The van der Waals surface area contributed by atoms with Crippen LogP contribution in [0.15, 0.2) is 18.3 Å². The van der Waals surface area contributed by atoms with Gasteiger partial charge in [-0.15, -0.1) is 11.3 Å². The molecule has 28 heavy (non-hydrogen) atoms. The Morgan fingerprint density at radius 2 is 1.96 bits per heavy atom. The van der Waals surface area contributed by atoms with Gasteiger partial charge in [0, 0.05) is 53.1 Å². The molecular weight excluding hydrogens is 368 g/mol. The van der Waals surface area contributed by atoms with Gasteiger partial charge in [0.05, 0.1) is 0 Å². The van der Waals surface area contributed by atoms with Gasteiger partial charge in [-0.25, -0.2) is 4.98 Å². The summed E-state index contributed by atoms with van der Waals surface area (Å²) in [7, 11) is 0. The highest BCUT2D eigenvalue weighted by Crippen LogP contribution is 2.32. The van der Waals surface area contributed by atoms with E-state index in [4.69, 9.17) is 4.98 Å². The Morgan fingerprint density at radius 3 is 2.71 bits per heavy atom. The molecule has 3 heterocycles. The molecule has 2 aromatic rings. The monoisotopic (exact) mass is 398 g/mol. The van der Waals surface area contributed by atoms with Crippen molar-refractivity contribution in [2.75, 3.05) is 18.4 Å². The average molecular weight is 399 g/mol. The second-order valence-corrected chi connectivity index (χ2v) is 9.52. The van der Waals surface area contributed by atoms with Gasteiger partial charge in [-0.3, -0.25) is 9.78 Å². The predicted octanol–water partition coefficient (Wildman–Crippen LogP) is 5.18. The molecule has 1 N–H and O–H groups in total. The second-order valence-electron chi connectivity index (χ2n) is 8.28. The maximum absolute atomic E-state index is 13.0. The molecule has 150 valence electrons. The fourth-order valence-corrected chi connectivity index (χ4v) is 5.22. The fourth-order valence-electron chi connectivity index (χ4n) is 4.54. The SMILES string of the molecule is Cc1cc(Nc2ncc(C)s2)cc([C@H]2CCCN(C(=O)C3CCCCC3)C2)n1. The van der Waals surface area contributed by atoms with Gasteiger partial charge in [-0.05, 0) is 51.7 Å². The molecule has 2 aliphatic rings. The molecular formula is C22H30N4OS. The number of hydrogen-bond acceptors (Lipinski definition) is 5. The summed E-state index contributed by atoms with van der Waals surface area (Å²) >= 11 is 1.65. The van der Waals surface area contributed by atoms with Crippen LogP contribution in [0.5, 0.6) is 0 Å². The molecule has 1 aliphatic heterocycles. The van der Waals surface area contributed by atoms with E-state index in [9.17, 15) is 4.79 Å². The van der Waals surface area contributed by atoms with Crippen LogP contribution in [-0.2, 0) is 4.79 Å². The van der Waals surface area contributed by atoms with Crippen LogP contribution in [0.1, 0.15) is 67.1 Å². The number of amides is 1. The molecule has 0 spiro atoms. The zero-order chi connectivity index (χ0) is 19.5. The Morgan fingerprint density at radius 1 is 1.14 bits per heavy atom. The first-order valence-corrected chi connectivity index (χ1v) is 11.4. The Labute approximate surface area is 171 Å². The summed E-state index contributed by atoms with van der Waals surface area (Å²) in [6.45, 7) is 5.81. The first kappa shape index (κ1) is 19.4. The first-order valence-electron chi connectivity index (χ1n) is 10.6. The van der Waals surface area contributed by atoms with E-state index in [1.807, 2.05) is 13.1 Å². The van der Waals surface area contributed by atoms with Gasteiger partial charge in [0.15, 0.2) is 5.13 Å². The van der Waals surface area contributed by atoms with E-state index in [0.29, 0.717) is 11.8 Å². The number of aromatic nitrogens is 2. The largest absolute Gasteiger partial charge is 0.342 e. The van der Waals surface area contributed by atoms with Crippen molar-refractivity contribution in [3.63, 3.8) is 0 Å². The summed E-state index contributed by atoms with van der Waals surface area (Å²) in [4.78, 5) is 25.5. The third kappa shape index (κ3) is 4.54. The van der Waals surface area contributed by atoms with Crippen molar-refractivity contribution >= 4 is 28.1 Å². The van der Waals surface area contributed by atoms with Gasteiger partial charge in [0.1, 0.15) is 0 Å².